The number of carbonyl (C=O) groups is 1. The first-order chi connectivity index (χ1) is 16.2. The van der Waals surface area contributed by atoms with Crippen LogP contribution in [0.3, 0.4) is 0 Å². The molecule has 1 aliphatic carbocycles. The number of aromatic amines is 1. The van der Waals surface area contributed by atoms with Crippen LogP contribution in [0.2, 0.25) is 0 Å². The van der Waals surface area contributed by atoms with Crippen LogP contribution in [0.15, 0.2) is 11.1 Å². The van der Waals surface area contributed by atoms with Crippen LogP contribution in [-0.2, 0) is 23.1 Å². The van der Waals surface area contributed by atoms with Crippen molar-refractivity contribution in [1.29, 1.82) is 0 Å². The lowest BCUT2D eigenvalue weighted by atomic mass is 9.95. The molecule has 0 spiro atoms. The van der Waals surface area contributed by atoms with Gasteiger partial charge in [-0.25, -0.2) is 9.55 Å². The summed E-state index contributed by atoms with van der Waals surface area (Å²) in [6.07, 6.45) is -2.69. The third-order valence-electron chi connectivity index (χ3n) is 6.07. The smallest absolute Gasteiger partial charge is 0.395 e. The molecule has 2 aromatic rings. The maximum atomic E-state index is 12.4. The van der Waals surface area contributed by atoms with Gasteiger partial charge in [0, 0.05) is 5.75 Å². The molecule has 1 saturated carbocycles. The fourth-order valence-electron chi connectivity index (χ4n) is 3.84. The second kappa shape index (κ2) is 8.61. The van der Waals surface area contributed by atoms with Crippen molar-refractivity contribution in [3.63, 3.8) is 0 Å². The second-order valence-electron chi connectivity index (χ2n) is 9.16. The van der Waals surface area contributed by atoms with E-state index in [2.05, 4.69) is 15.0 Å². The normalized spacial score (nSPS) is 31.9. The number of imidazole rings is 1. The van der Waals surface area contributed by atoms with Gasteiger partial charge in [-0.3, -0.25) is 28.2 Å². The van der Waals surface area contributed by atoms with Crippen LogP contribution in [0.4, 0.5) is 5.95 Å². The molecule has 0 radical (unpaired) electrons. The first kappa shape index (κ1) is 26.2. The van der Waals surface area contributed by atoms with Gasteiger partial charge in [0.25, 0.3) is 5.56 Å². The monoisotopic (exact) mass is 535 g/mol. The number of rotatable bonds is 9. The Morgan fingerprint density at radius 2 is 2.14 bits per heavy atom. The highest BCUT2D eigenvalue weighted by Gasteiger charge is 2.84. The summed E-state index contributed by atoms with van der Waals surface area (Å²) >= 11 is 0.827. The Morgan fingerprint density at radius 3 is 2.74 bits per heavy atom. The summed E-state index contributed by atoms with van der Waals surface area (Å²) in [6, 6.07) is 0. The zero-order valence-electron chi connectivity index (χ0n) is 18.9. The van der Waals surface area contributed by atoms with Crippen molar-refractivity contribution in [3.05, 3.63) is 16.7 Å². The molecule has 1 aliphatic heterocycles. The van der Waals surface area contributed by atoms with Crippen LogP contribution in [0, 0.1) is 5.41 Å². The van der Waals surface area contributed by atoms with Crippen LogP contribution in [0.5, 0.6) is 0 Å². The van der Waals surface area contributed by atoms with Crippen molar-refractivity contribution in [2.75, 3.05) is 24.7 Å². The summed E-state index contributed by atoms with van der Waals surface area (Å²) < 4.78 is 29.2. The number of hydrogen-bond donors (Lipinski definition) is 6. The van der Waals surface area contributed by atoms with Crippen molar-refractivity contribution in [1.82, 2.24) is 19.5 Å². The van der Waals surface area contributed by atoms with Gasteiger partial charge in [-0.1, -0.05) is 11.8 Å². The molecule has 2 aliphatic rings. The SMILES string of the molecule is CC(C)(CO)C(=O)SCCOP(=O)(O)OC1C2OC(n3cnc4c(=O)[nH]c(N)nc43)C(C)(O)C21O. The summed E-state index contributed by atoms with van der Waals surface area (Å²) in [4.78, 5) is 44.3. The predicted octanol–water partition coefficient (Wildman–Crippen LogP) is -1.12. The number of ether oxygens (including phenoxy) is 1. The average Bonchev–Trinajstić information content (AvgIpc) is 3.04. The van der Waals surface area contributed by atoms with Crippen LogP contribution >= 0.6 is 19.6 Å². The molecule has 17 heteroatoms. The molecule has 6 unspecified atom stereocenters. The quantitative estimate of drug-likeness (QED) is 0.165. The van der Waals surface area contributed by atoms with Gasteiger partial charge in [-0.15, -0.1) is 0 Å². The third-order valence-corrected chi connectivity index (χ3v) is 8.26. The minimum absolute atomic E-state index is 0.00600. The van der Waals surface area contributed by atoms with Gasteiger partial charge in [0.05, 0.1) is 25.0 Å². The standard InChI is InChI=1S/C18H26N5O10PS/c1-16(2,6-24)14(26)35-5-4-31-34(29,30)33-10-9-18(10,28)17(3,27)13(32-9)23-7-20-8-11(23)21-15(19)22-12(8)25/h7,9-10,13,24,27-28H,4-6H2,1-3H3,(H,29,30)(H3,19,21,22,25). The Balaban J connectivity index is 1.40. The Hall–Kier alpha value is -1.88. The van der Waals surface area contributed by atoms with Crippen LogP contribution in [0.25, 0.3) is 11.2 Å². The van der Waals surface area contributed by atoms with E-state index >= 15 is 0 Å². The molecule has 15 nitrogen and oxygen atoms in total. The van der Waals surface area contributed by atoms with E-state index in [1.54, 1.807) is 13.8 Å². The first-order valence-corrected chi connectivity index (χ1v) is 12.9. The highest BCUT2D eigenvalue weighted by molar-refractivity contribution is 8.13. The molecule has 194 valence electrons. The number of H-pyrrole nitrogens is 1. The number of hydrogen-bond acceptors (Lipinski definition) is 13. The number of nitrogens with one attached hydrogen (secondary N) is 1. The number of aliphatic hydroxyl groups excluding tert-OH is 1. The molecular weight excluding hydrogens is 509 g/mol. The lowest BCUT2D eigenvalue weighted by Crippen LogP contribution is -2.48. The van der Waals surface area contributed by atoms with Crippen LogP contribution < -0.4 is 11.3 Å². The zero-order valence-corrected chi connectivity index (χ0v) is 20.7. The van der Waals surface area contributed by atoms with Crippen LogP contribution in [0.1, 0.15) is 27.0 Å². The van der Waals surface area contributed by atoms with Gasteiger partial charge < -0.3 is 30.7 Å². The lowest BCUT2D eigenvalue weighted by molar-refractivity contribution is -0.156. The van der Waals surface area contributed by atoms with E-state index in [0.717, 1.165) is 11.8 Å². The number of aromatic nitrogens is 4. The number of nitrogens with two attached hydrogens (primary N) is 1. The number of nitrogens with zero attached hydrogens (tertiary/aromatic N) is 3. The second-order valence-corrected chi connectivity index (χ2v) is 11.6. The van der Waals surface area contributed by atoms with E-state index in [1.165, 1.54) is 17.8 Å². The van der Waals surface area contributed by atoms with Crippen molar-refractivity contribution in [2.45, 2.75) is 50.4 Å². The molecule has 2 fully saturated rings. The van der Waals surface area contributed by atoms with Gasteiger partial charge in [0.1, 0.15) is 17.8 Å². The molecule has 2 aromatic heterocycles. The number of carbonyl (C=O) groups excluding carboxylic acids is 1. The van der Waals surface area contributed by atoms with E-state index < -0.39 is 48.4 Å². The molecule has 4 rings (SSSR count). The topological polar surface area (TPSA) is 232 Å². The first-order valence-electron chi connectivity index (χ1n) is 10.4. The number of nitrogen functional groups attached to an aromatic ring is 1. The van der Waals surface area contributed by atoms with Crippen molar-refractivity contribution in [3.8, 4) is 0 Å². The Labute approximate surface area is 202 Å². The van der Waals surface area contributed by atoms with Crippen molar-refractivity contribution < 1.29 is 43.4 Å². The van der Waals surface area contributed by atoms with Crippen molar-refractivity contribution in [2.24, 2.45) is 5.41 Å². The minimum Gasteiger partial charge on any atom is -0.395 e. The lowest BCUT2D eigenvalue weighted by Gasteiger charge is -2.33. The molecule has 1 saturated heterocycles. The molecule has 6 atom stereocenters. The van der Waals surface area contributed by atoms with Gasteiger partial charge in [0.15, 0.2) is 28.1 Å². The fourth-order valence-corrected chi connectivity index (χ4v) is 5.71. The number of thioether (sulfide) groups is 1. The molecule has 0 aromatic carbocycles. The molecular formula is C18H26N5O10PS. The maximum absolute atomic E-state index is 12.4. The predicted molar refractivity (Wildman–Crippen MR) is 121 cm³/mol. The number of fused-ring (bicyclic) bond motifs is 2. The Kier molecular flexibility index (Phi) is 6.44. The summed E-state index contributed by atoms with van der Waals surface area (Å²) in [5, 5.41) is 31.0. The summed E-state index contributed by atoms with van der Waals surface area (Å²) in [7, 11) is -4.70. The Morgan fingerprint density at radius 1 is 1.46 bits per heavy atom. The summed E-state index contributed by atoms with van der Waals surface area (Å²) in [5.74, 6) is -0.168. The molecule has 0 amide bonds. The largest absolute Gasteiger partial charge is 0.472 e. The zero-order chi connectivity index (χ0) is 26.0. The minimum atomic E-state index is -4.70. The van der Waals surface area contributed by atoms with E-state index in [-0.39, 0.29) is 41.2 Å². The van der Waals surface area contributed by atoms with E-state index in [1.807, 2.05) is 0 Å². The van der Waals surface area contributed by atoms with E-state index in [4.69, 9.17) is 19.5 Å². The molecule has 35 heavy (non-hydrogen) atoms. The van der Waals surface area contributed by atoms with Gasteiger partial charge in [0.2, 0.25) is 5.95 Å². The maximum Gasteiger partial charge on any atom is 0.472 e. The number of phosphoric acid groups is 1. The summed E-state index contributed by atoms with van der Waals surface area (Å²) in [6.45, 7) is 3.68. The Bertz CT molecular complexity index is 1260. The van der Waals surface area contributed by atoms with E-state index in [9.17, 15) is 34.4 Å². The third kappa shape index (κ3) is 4.32. The molecule has 0 bridgehead atoms. The highest BCUT2D eigenvalue weighted by atomic mass is 32.2. The van der Waals surface area contributed by atoms with E-state index in [0.29, 0.717) is 0 Å². The van der Waals surface area contributed by atoms with Gasteiger partial charge in [-0.2, -0.15) is 4.98 Å². The fraction of sp³-hybridized carbons (Fsp3) is 0.667. The van der Waals surface area contributed by atoms with Crippen molar-refractivity contribution >= 4 is 41.8 Å². The van der Waals surface area contributed by atoms with Gasteiger partial charge >= 0.3 is 7.82 Å². The number of aliphatic hydroxyl groups is 3. The number of anilines is 1. The number of phosphoric ester groups is 1. The van der Waals surface area contributed by atoms with Gasteiger partial charge in [-0.05, 0) is 20.8 Å². The molecule has 3 heterocycles. The summed E-state index contributed by atoms with van der Waals surface area (Å²) in [5.41, 5.74) is -0.191. The molecule has 7 N–H and O–H groups in total. The van der Waals surface area contributed by atoms with Crippen LogP contribution in [-0.4, -0.2) is 87.2 Å². The average molecular weight is 535 g/mol. The highest BCUT2D eigenvalue weighted by Crippen LogP contribution is 2.64.